The lowest BCUT2D eigenvalue weighted by atomic mass is 9.50. The molecule has 192 valence electrons. The first-order chi connectivity index (χ1) is 17.3. The number of rotatable bonds is 7. The van der Waals surface area contributed by atoms with Gasteiger partial charge in [0.2, 0.25) is 0 Å². The van der Waals surface area contributed by atoms with Crippen LogP contribution in [-0.2, 0) is 21.4 Å². The zero-order valence-electron chi connectivity index (χ0n) is 20.0. The largest absolute Gasteiger partial charge is 0.394 e. The van der Waals surface area contributed by atoms with E-state index in [9.17, 15) is 19.0 Å². The Bertz CT molecular complexity index is 1260. The summed E-state index contributed by atoms with van der Waals surface area (Å²) in [5, 5.41) is 37.7. The van der Waals surface area contributed by atoms with E-state index in [1.807, 2.05) is 10.9 Å². The Hall–Kier alpha value is -2.80. The predicted octanol–water partition coefficient (Wildman–Crippen LogP) is 1.55. The average Bonchev–Trinajstić information content (AvgIpc) is 3.46. The molecule has 12 heteroatoms. The van der Waals surface area contributed by atoms with E-state index < -0.39 is 48.7 Å². The van der Waals surface area contributed by atoms with E-state index in [0.717, 1.165) is 30.9 Å². The number of ether oxygens (including phenoxy) is 2. The first kappa shape index (κ1) is 23.6. The highest BCUT2D eigenvalue weighted by Gasteiger charge is 2.59. The molecule has 0 radical (unpaired) electrons. The van der Waals surface area contributed by atoms with Crippen LogP contribution in [0.5, 0.6) is 0 Å². The molecule has 3 heterocycles. The fraction of sp³-hybridized carbons (Fsp3) is 0.583. The van der Waals surface area contributed by atoms with Crippen LogP contribution in [0.25, 0.3) is 11.3 Å². The van der Waals surface area contributed by atoms with Gasteiger partial charge < -0.3 is 19.7 Å². The fourth-order valence-electron chi connectivity index (χ4n) is 5.86. The SMILES string of the molecule is CO[C@@H]1[C@@H](n2cc(-c3ccc(C)c(F)c3F)nn2)[C@@H](O)[C@@H](CO)O[C@@H]1Cc1cn(C23CC(C2)C3)nn1. The minimum Gasteiger partial charge on any atom is -0.394 e. The van der Waals surface area contributed by atoms with Crippen LogP contribution in [0.2, 0.25) is 0 Å². The molecule has 3 aromatic rings. The van der Waals surface area contributed by atoms with Crippen LogP contribution in [0.4, 0.5) is 8.78 Å². The number of aliphatic hydroxyl groups is 2. The maximum Gasteiger partial charge on any atom is 0.168 e. The fourth-order valence-corrected chi connectivity index (χ4v) is 5.86. The van der Waals surface area contributed by atoms with E-state index in [1.165, 1.54) is 37.0 Å². The molecule has 1 aliphatic heterocycles. The maximum absolute atomic E-state index is 14.6. The molecule has 1 saturated heterocycles. The summed E-state index contributed by atoms with van der Waals surface area (Å²) < 4.78 is 43.8. The summed E-state index contributed by atoms with van der Waals surface area (Å²) in [6.07, 6.45) is 3.73. The number of hydrogen-bond acceptors (Lipinski definition) is 8. The second kappa shape index (κ2) is 8.65. The van der Waals surface area contributed by atoms with Gasteiger partial charge in [-0.25, -0.2) is 18.1 Å². The number of methoxy groups -OCH3 is 1. The molecule has 0 unspecified atom stereocenters. The molecule has 10 nitrogen and oxygen atoms in total. The van der Waals surface area contributed by atoms with Gasteiger partial charge in [0.15, 0.2) is 11.6 Å². The monoisotopic (exact) mass is 502 g/mol. The summed E-state index contributed by atoms with van der Waals surface area (Å²) in [4.78, 5) is 0. The summed E-state index contributed by atoms with van der Waals surface area (Å²) in [5.74, 6) is -1.16. The van der Waals surface area contributed by atoms with Crippen LogP contribution in [0.3, 0.4) is 0 Å². The van der Waals surface area contributed by atoms with Gasteiger partial charge >= 0.3 is 0 Å². The van der Waals surface area contributed by atoms with Gasteiger partial charge in [0, 0.05) is 25.3 Å². The maximum atomic E-state index is 14.6. The second-order valence-corrected chi connectivity index (χ2v) is 10.3. The van der Waals surface area contributed by atoms with Crippen molar-refractivity contribution < 1.29 is 28.5 Å². The van der Waals surface area contributed by atoms with Crippen molar-refractivity contribution in [1.82, 2.24) is 30.0 Å². The Morgan fingerprint density at radius 1 is 1.11 bits per heavy atom. The quantitative estimate of drug-likeness (QED) is 0.500. The molecular weight excluding hydrogens is 474 g/mol. The first-order valence-electron chi connectivity index (χ1n) is 12.1. The van der Waals surface area contributed by atoms with E-state index in [1.54, 1.807) is 0 Å². The van der Waals surface area contributed by atoms with Crippen molar-refractivity contribution in [2.24, 2.45) is 5.92 Å². The summed E-state index contributed by atoms with van der Waals surface area (Å²) >= 11 is 0. The highest BCUT2D eigenvalue weighted by Crippen LogP contribution is 2.61. The van der Waals surface area contributed by atoms with Gasteiger partial charge in [0.05, 0.1) is 30.1 Å². The zero-order chi connectivity index (χ0) is 25.2. The predicted molar refractivity (Wildman–Crippen MR) is 121 cm³/mol. The summed E-state index contributed by atoms with van der Waals surface area (Å²) in [7, 11) is 1.49. The number of aryl methyl sites for hydroxylation is 1. The van der Waals surface area contributed by atoms with Crippen molar-refractivity contribution in [3.63, 3.8) is 0 Å². The van der Waals surface area contributed by atoms with E-state index in [2.05, 4.69) is 20.6 Å². The van der Waals surface area contributed by atoms with Crippen LogP contribution in [-0.4, -0.2) is 78.3 Å². The molecule has 4 fully saturated rings. The molecular formula is C24H28F2N6O4. The average molecular weight is 503 g/mol. The number of benzene rings is 1. The minimum absolute atomic E-state index is 0.0414. The number of hydrogen-bond donors (Lipinski definition) is 2. The van der Waals surface area contributed by atoms with Gasteiger partial charge in [-0.05, 0) is 43.7 Å². The molecule has 7 rings (SSSR count). The Morgan fingerprint density at radius 3 is 2.56 bits per heavy atom. The summed E-state index contributed by atoms with van der Waals surface area (Å²) in [6.45, 7) is 1.05. The topological polar surface area (TPSA) is 120 Å². The Labute approximate surface area is 205 Å². The van der Waals surface area contributed by atoms with Crippen molar-refractivity contribution in [1.29, 1.82) is 0 Å². The lowest BCUT2D eigenvalue weighted by molar-refractivity contribution is -0.212. The molecule has 2 aromatic heterocycles. The second-order valence-electron chi connectivity index (χ2n) is 10.3. The van der Waals surface area contributed by atoms with E-state index in [-0.39, 0.29) is 22.4 Å². The van der Waals surface area contributed by atoms with E-state index >= 15 is 0 Å². The van der Waals surface area contributed by atoms with Crippen LogP contribution < -0.4 is 0 Å². The van der Waals surface area contributed by atoms with E-state index in [4.69, 9.17) is 9.47 Å². The van der Waals surface area contributed by atoms with Crippen molar-refractivity contribution in [2.75, 3.05) is 13.7 Å². The lowest BCUT2D eigenvalue weighted by Gasteiger charge is -2.61. The van der Waals surface area contributed by atoms with Gasteiger partial charge in [0.1, 0.15) is 30.0 Å². The number of aliphatic hydroxyl groups excluding tert-OH is 2. The third kappa shape index (κ3) is 3.58. The van der Waals surface area contributed by atoms with Gasteiger partial charge in [-0.2, -0.15) is 0 Å². The van der Waals surface area contributed by atoms with Crippen molar-refractivity contribution in [3.05, 3.63) is 47.4 Å². The smallest absolute Gasteiger partial charge is 0.168 e. The highest BCUT2D eigenvalue weighted by atomic mass is 19.2. The number of halogens is 2. The molecule has 4 aliphatic rings. The normalized spacial score (nSPS) is 33.3. The lowest BCUT2D eigenvalue weighted by Crippen LogP contribution is -2.59. The Kier molecular flexibility index (Phi) is 5.67. The van der Waals surface area contributed by atoms with Crippen molar-refractivity contribution in [3.8, 4) is 11.3 Å². The number of nitrogens with zero attached hydrogens (tertiary/aromatic N) is 6. The van der Waals surface area contributed by atoms with Crippen molar-refractivity contribution >= 4 is 0 Å². The standard InChI is InChI=1S/C24H28F2N6O4/c1-12-3-4-15(20(26)19(12)25)16-10-31(29-28-16)21-22(34)18(11-33)36-17(23(21)35-2)5-14-9-32(30-27-14)24-6-13(7-24)8-24/h3-4,9-10,13,17-18,21-23,33-34H,5-8,11H2,1-2H3/t13?,17-,18-,21+,22+,23+,24?/m1/s1. The number of aromatic nitrogens is 6. The Balaban J connectivity index is 1.28. The molecule has 3 aliphatic carbocycles. The van der Waals surface area contributed by atoms with Gasteiger partial charge in [-0.15, -0.1) is 10.2 Å². The van der Waals surface area contributed by atoms with Crippen LogP contribution in [0.15, 0.2) is 24.5 Å². The molecule has 0 amide bonds. The molecule has 0 spiro atoms. The zero-order valence-corrected chi connectivity index (χ0v) is 20.0. The van der Waals surface area contributed by atoms with Crippen molar-refractivity contribution in [2.45, 2.75) is 68.6 Å². The molecule has 1 aromatic carbocycles. The van der Waals surface area contributed by atoms with Gasteiger partial charge in [-0.3, -0.25) is 0 Å². The molecule has 3 saturated carbocycles. The van der Waals surface area contributed by atoms with Gasteiger partial charge in [0.25, 0.3) is 0 Å². The summed E-state index contributed by atoms with van der Waals surface area (Å²) in [5.41, 5.74) is 1.08. The van der Waals surface area contributed by atoms with E-state index in [0.29, 0.717) is 6.42 Å². The van der Waals surface area contributed by atoms with Crippen LogP contribution >= 0.6 is 0 Å². The minimum atomic E-state index is -1.19. The molecule has 5 atom stereocenters. The third-order valence-electron chi connectivity index (χ3n) is 8.05. The summed E-state index contributed by atoms with van der Waals surface area (Å²) in [6, 6.07) is 2.09. The Morgan fingerprint density at radius 2 is 1.89 bits per heavy atom. The highest BCUT2D eigenvalue weighted by molar-refractivity contribution is 5.59. The molecule has 2 N–H and O–H groups in total. The molecule has 36 heavy (non-hydrogen) atoms. The van der Waals surface area contributed by atoms with Crippen LogP contribution in [0, 0.1) is 24.5 Å². The third-order valence-corrected chi connectivity index (χ3v) is 8.05. The van der Waals surface area contributed by atoms with Gasteiger partial charge in [-0.1, -0.05) is 16.5 Å². The first-order valence-corrected chi connectivity index (χ1v) is 12.1. The molecule has 2 bridgehead atoms. The van der Waals surface area contributed by atoms with Crippen LogP contribution in [0.1, 0.15) is 36.6 Å².